The van der Waals surface area contributed by atoms with Gasteiger partial charge in [0.1, 0.15) is 0 Å². The lowest BCUT2D eigenvalue weighted by atomic mass is 10.0. The second kappa shape index (κ2) is 6.06. The van der Waals surface area contributed by atoms with Crippen molar-refractivity contribution < 1.29 is 0 Å². The molecule has 0 amide bonds. The monoisotopic (exact) mass is 308 g/mol. The summed E-state index contributed by atoms with van der Waals surface area (Å²) in [4.78, 5) is 3.12. The zero-order chi connectivity index (χ0) is 16.4. The maximum Gasteiger partial charge on any atom is 0.0991 e. The SMILES string of the molecule is N#Cc1ccc2c(c1)-c1ccccc1C2.c1ccc2[nH]ccc2c1. The van der Waals surface area contributed by atoms with Crippen molar-refractivity contribution in [3.8, 4) is 17.2 Å². The van der Waals surface area contributed by atoms with Crippen LogP contribution in [-0.2, 0) is 6.42 Å². The number of aromatic nitrogens is 1. The van der Waals surface area contributed by atoms with Crippen molar-refractivity contribution in [1.82, 2.24) is 4.98 Å². The molecule has 0 saturated carbocycles. The molecule has 1 aromatic heterocycles. The molecule has 1 heterocycles. The molecule has 0 radical (unpaired) electrons. The van der Waals surface area contributed by atoms with Crippen LogP contribution in [0.25, 0.3) is 22.0 Å². The van der Waals surface area contributed by atoms with Crippen molar-refractivity contribution in [3.05, 3.63) is 95.7 Å². The van der Waals surface area contributed by atoms with Gasteiger partial charge in [0.15, 0.2) is 0 Å². The zero-order valence-electron chi connectivity index (χ0n) is 13.2. The molecule has 0 aliphatic heterocycles. The summed E-state index contributed by atoms with van der Waals surface area (Å²) in [6.07, 6.45) is 2.95. The van der Waals surface area contributed by atoms with E-state index in [1.165, 1.54) is 33.2 Å². The van der Waals surface area contributed by atoms with Crippen molar-refractivity contribution in [1.29, 1.82) is 5.26 Å². The Morgan fingerprint density at radius 2 is 1.58 bits per heavy atom. The minimum Gasteiger partial charge on any atom is -0.361 e. The van der Waals surface area contributed by atoms with Crippen LogP contribution in [0.5, 0.6) is 0 Å². The summed E-state index contributed by atoms with van der Waals surface area (Å²) in [5, 5.41) is 10.1. The van der Waals surface area contributed by atoms with Gasteiger partial charge in [0.25, 0.3) is 0 Å². The van der Waals surface area contributed by atoms with Crippen molar-refractivity contribution in [2.24, 2.45) is 0 Å². The van der Waals surface area contributed by atoms with E-state index in [0.29, 0.717) is 0 Å². The van der Waals surface area contributed by atoms with Gasteiger partial charge in [-0.15, -0.1) is 0 Å². The Hall–Kier alpha value is -3.31. The molecule has 0 saturated heterocycles. The van der Waals surface area contributed by atoms with Gasteiger partial charge >= 0.3 is 0 Å². The molecular weight excluding hydrogens is 292 g/mol. The van der Waals surface area contributed by atoms with Gasteiger partial charge in [-0.25, -0.2) is 0 Å². The van der Waals surface area contributed by atoms with E-state index in [1.54, 1.807) is 0 Å². The Balaban J connectivity index is 0.000000138. The van der Waals surface area contributed by atoms with Crippen molar-refractivity contribution in [2.45, 2.75) is 6.42 Å². The van der Waals surface area contributed by atoms with Gasteiger partial charge in [0, 0.05) is 11.7 Å². The molecule has 1 N–H and O–H groups in total. The van der Waals surface area contributed by atoms with Crippen molar-refractivity contribution in [3.63, 3.8) is 0 Å². The van der Waals surface area contributed by atoms with E-state index in [2.05, 4.69) is 53.5 Å². The van der Waals surface area contributed by atoms with Gasteiger partial charge in [-0.3, -0.25) is 0 Å². The largest absolute Gasteiger partial charge is 0.361 e. The van der Waals surface area contributed by atoms with Crippen LogP contribution in [0.3, 0.4) is 0 Å². The van der Waals surface area contributed by atoms with Crippen LogP contribution in [0.1, 0.15) is 16.7 Å². The molecule has 0 fully saturated rings. The normalized spacial score (nSPS) is 11.1. The van der Waals surface area contributed by atoms with Gasteiger partial charge in [-0.1, -0.05) is 48.5 Å². The molecule has 0 spiro atoms. The number of hydrogen-bond donors (Lipinski definition) is 1. The van der Waals surface area contributed by atoms with Crippen LogP contribution in [-0.4, -0.2) is 4.98 Å². The Kier molecular flexibility index (Phi) is 3.61. The highest BCUT2D eigenvalue weighted by Gasteiger charge is 2.17. The summed E-state index contributed by atoms with van der Waals surface area (Å²) in [6.45, 7) is 0. The van der Waals surface area contributed by atoms with Crippen LogP contribution in [0.4, 0.5) is 0 Å². The molecule has 24 heavy (non-hydrogen) atoms. The number of H-pyrrole nitrogens is 1. The number of fused-ring (bicyclic) bond motifs is 4. The smallest absolute Gasteiger partial charge is 0.0991 e. The highest BCUT2D eigenvalue weighted by atomic mass is 14.7. The lowest BCUT2D eigenvalue weighted by Crippen LogP contribution is -1.81. The Labute approximate surface area is 141 Å². The number of aromatic amines is 1. The topological polar surface area (TPSA) is 39.6 Å². The maximum atomic E-state index is 8.87. The van der Waals surface area contributed by atoms with E-state index >= 15 is 0 Å². The number of para-hydroxylation sites is 1. The van der Waals surface area contributed by atoms with Crippen LogP contribution < -0.4 is 0 Å². The first-order valence-corrected chi connectivity index (χ1v) is 7.98. The first-order chi connectivity index (χ1) is 11.8. The van der Waals surface area contributed by atoms with Crippen molar-refractivity contribution >= 4 is 10.9 Å². The summed E-state index contributed by atoms with van der Waals surface area (Å²) < 4.78 is 0. The van der Waals surface area contributed by atoms with Gasteiger partial charge in [-0.05, 0) is 58.3 Å². The molecular formula is C22H16N2. The third-order valence-electron chi connectivity index (χ3n) is 4.39. The highest BCUT2D eigenvalue weighted by Crippen LogP contribution is 2.36. The van der Waals surface area contributed by atoms with Crippen LogP contribution in [0, 0.1) is 11.3 Å². The summed E-state index contributed by atoms with van der Waals surface area (Å²) in [5.74, 6) is 0. The van der Waals surface area contributed by atoms with E-state index in [9.17, 15) is 0 Å². The number of nitrogens with zero attached hydrogens (tertiary/aromatic N) is 1. The predicted octanol–water partition coefficient (Wildman–Crippen LogP) is 5.30. The molecule has 5 rings (SSSR count). The first kappa shape index (κ1) is 14.3. The van der Waals surface area contributed by atoms with Crippen molar-refractivity contribution in [2.75, 3.05) is 0 Å². The van der Waals surface area contributed by atoms with E-state index < -0.39 is 0 Å². The minimum absolute atomic E-state index is 0.741. The minimum atomic E-state index is 0.741. The molecule has 4 aromatic rings. The lowest BCUT2D eigenvalue weighted by Gasteiger charge is -2.00. The second-order valence-electron chi connectivity index (χ2n) is 5.88. The number of hydrogen-bond acceptors (Lipinski definition) is 1. The number of nitriles is 1. The molecule has 0 bridgehead atoms. The van der Waals surface area contributed by atoms with E-state index in [0.717, 1.165) is 12.0 Å². The van der Waals surface area contributed by atoms with Gasteiger partial charge < -0.3 is 4.98 Å². The molecule has 1 aliphatic carbocycles. The fourth-order valence-electron chi connectivity index (χ4n) is 3.19. The number of rotatable bonds is 0. The summed E-state index contributed by atoms with van der Waals surface area (Å²) in [6, 6.07) is 26.8. The molecule has 1 aliphatic rings. The van der Waals surface area contributed by atoms with Crippen LogP contribution >= 0.6 is 0 Å². The average molecular weight is 308 g/mol. The lowest BCUT2D eigenvalue weighted by molar-refractivity contribution is 1.26. The standard InChI is InChI=1S/C14H9N.C8H7N/c15-9-10-5-6-12-8-11-3-1-2-4-13(11)14(12)7-10;1-2-4-8-7(3-1)5-6-9-8/h1-7H,8H2;1-6,9H. The van der Waals surface area contributed by atoms with E-state index in [1.807, 2.05) is 36.5 Å². The predicted molar refractivity (Wildman–Crippen MR) is 97.7 cm³/mol. The molecule has 2 nitrogen and oxygen atoms in total. The maximum absolute atomic E-state index is 8.87. The highest BCUT2D eigenvalue weighted by molar-refractivity contribution is 5.79. The summed E-state index contributed by atoms with van der Waals surface area (Å²) in [5.41, 5.74) is 7.15. The van der Waals surface area contributed by atoms with Gasteiger partial charge in [0.05, 0.1) is 11.6 Å². The molecule has 114 valence electrons. The second-order valence-corrected chi connectivity index (χ2v) is 5.88. The summed E-state index contributed by atoms with van der Waals surface area (Å²) in [7, 11) is 0. The molecule has 0 atom stereocenters. The Morgan fingerprint density at radius 1 is 0.792 bits per heavy atom. The first-order valence-electron chi connectivity index (χ1n) is 7.98. The quantitative estimate of drug-likeness (QED) is 0.414. The summed E-state index contributed by atoms with van der Waals surface area (Å²) >= 11 is 0. The number of nitrogens with one attached hydrogen (secondary N) is 1. The molecule has 0 unspecified atom stereocenters. The fraction of sp³-hybridized carbons (Fsp3) is 0.0455. The van der Waals surface area contributed by atoms with E-state index in [4.69, 9.17) is 5.26 Å². The molecule has 2 heteroatoms. The van der Waals surface area contributed by atoms with E-state index in [-0.39, 0.29) is 0 Å². The zero-order valence-corrected chi connectivity index (χ0v) is 13.2. The van der Waals surface area contributed by atoms with Gasteiger partial charge in [-0.2, -0.15) is 5.26 Å². The number of benzene rings is 3. The molecule has 3 aromatic carbocycles. The Bertz CT molecular complexity index is 1020. The Morgan fingerprint density at radius 3 is 2.46 bits per heavy atom. The average Bonchev–Trinajstić information content (AvgIpc) is 3.26. The fourth-order valence-corrected chi connectivity index (χ4v) is 3.19. The third kappa shape index (κ3) is 2.57. The van der Waals surface area contributed by atoms with Crippen LogP contribution in [0.2, 0.25) is 0 Å². The van der Waals surface area contributed by atoms with Gasteiger partial charge in [0.2, 0.25) is 0 Å². The third-order valence-corrected chi connectivity index (χ3v) is 4.39. The van der Waals surface area contributed by atoms with Crippen LogP contribution in [0.15, 0.2) is 79.0 Å².